The maximum absolute atomic E-state index is 12.0. The molecule has 19 heavy (non-hydrogen) atoms. The molecular formula is C13H20N2O2S2. The van der Waals surface area contributed by atoms with Gasteiger partial charge in [-0.2, -0.15) is 11.8 Å². The molecule has 1 unspecified atom stereocenters. The average Bonchev–Trinajstić information content (AvgIpc) is 2.39. The van der Waals surface area contributed by atoms with Gasteiger partial charge in [-0.1, -0.05) is 18.2 Å². The van der Waals surface area contributed by atoms with Crippen LogP contribution in [0.2, 0.25) is 0 Å². The second-order valence-electron chi connectivity index (χ2n) is 4.72. The number of nitrogens with two attached hydrogens (primary N) is 1. The Balaban J connectivity index is 2.37. The minimum Gasteiger partial charge on any atom is -0.353 e. The van der Waals surface area contributed by atoms with E-state index in [1.165, 1.54) is 6.26 Å². The Hall–Kier alpha value is -0.720. The molecule has 0 bridgehead atoms. The van der Waals surface area contributed by atoms with Gasteiger partial charge in [-0.3, -0.25) is 0 Å². The van der Waals surface area contributed by atoms with Crippen molar-refractivity contribution < 1.29 is 8.42 Å². The molecule has 2 N–H and O–H groups in total. The maximum atomic E-state index is 12.0. The van der Waals surface area contributed by atoms with Crippen molar-refractivity contribution in [1.82, 2.24) is 0 Å². The van der Waals surface area contributed by atoms with Crippen LogP contribution in [0.15, 0.2) is 24.3 Å². The highest BCUT2D eigenvalue weighted by Gasteiger charge is 2.31. The van der Waals surface area contributed by atoms with Gasteiger partial charge in [0.1, 0.15) is 5.37 Å². The van der Waals surface area contributed by atoms with Crippen molar-refractivity contribution in [3.63, 3.8) is 0 Å². The molecule has 106 valence electrons. The van der Waals surface area contributed by atoms with Gasteiger partial charge in [0.2, 0.25) is 0 Å². The summed E-state index contributed by atoms with van der Waals surface area (Å²) in [7, 11) is -3.08. The predicted octanol–water partition coefficient (Wildman–Crippen LogP) is 1.11. The van der Waals surface area contributed by atoms with Crippen molar-refractivity contribution in [2.24, 2.45) is 5.73 Å². The van der Waals surface area contributed by atoms with Gasteiger partial charge in [0, 0.05) is 30.0 Å². The second kappa shape index (κ2) is 6.15. The fraction of sp³-hybridized carbons (Fsp3) is 0.538. The Morgan fingerprint density at radius 3 is 2.84 bits per heavy atom. The SMILES string of the molecule is CS(=O)(=O)C1CSCCN1c1ccccc1CCN. The van der Waals surface area contributed by atoms with E-state index < -0.39 is 15.2 Å². The van der Waals surface area contributed by atoms with E-state index in [2.05, 4.69) is 0 Å². The minimum atomic E-state index is -3.08. The lowest BCUT2D eigenvalue weighted by Gasteiger charge is -2.37. The second-order valence-corrected chi connectivity index (χ2v) is 8.07. The molecule has 0 spiro atoms. The van der Waals surface area contributed by atoms with E-state index >= 15 is 0 Å². The van der Waals surface area contributed by atoms with Crippen molar-refractivity contribution in [1.29, 1.82) is 0 Å². The molecule has 0 saturated carbocycles. The third-order valence-corrected chi connectivity index (χ3v) is 5.94. The summed E-state index contributed by atoms with van der Waals surface area (Å²) in [6.07, 6.45) is 2.10. The highest BCUT2D eigenvalue weighted by molar-refractivity contribution is 8.01. The van der Waals surface area contributed by atoms with Gasteiger partial charge in [-0.25, -0.2) is 8.42 Å². The number of anilines is 1. The first-order valence-corrected chi connectivity index (χ1v) is 9.46. The predicted molar refractivity (Wildman–Crippen MR) is 82.5 cm³/mol. The van der Waals surface area contributed by atoms with Crippen LogP contribution in [-0.2, 0) is 16.3 Å². The first-order valence-electron chi connectivity index (χ1n) is 6.35. The molecular weight excluding hydrogens is 280 g/mol. The van der Waals surface area contributed by atoms with Crippen LogP contribution in [0.3, 0.4) is 0 Å². The summed E-state index contributed by atoms with van der Waals surface area (Å²) in [5.41, 5.74) is 7.79. The lowest BCUT2D eigenvalue weighted by atomic mass is 10.1. The molecule has 1 aromatic rings. The molecule has 1 fully saturated rings. The smallest absolute Gasteiger partial charge is 0.169 e. The molecule has 1 saturated heterocycles. The van der Waals surface area contributed by atoms with Crippen LogP contribution in [0, 0.1) is 0 Å². The van der Waals surface area contributed by atoms with Crippen molar-refractivity contribution in [2.75, 3.05) is 35.8 Å². The summed E-state index contributed by atoms with van der Waals surface area (Å²) < 4.78 is 23.9. The summed E-state index contributed by atoms with van der Waals surface area (Å²) in [6.45, 7) is 1.34. The van der Waals surface area contributed by atoms with Crippen LogP contribution in [0.25, 0.3) is 0 Å². The molecule has 4 nitrogen and oxygen atoms in total. The normalized spacial score (nSPS) is 20.5. The van der Waals surface area contributed by atoms with E-state index in [1.54, 1.807) is 11.8 Å². The molecule has 1 aliphatic rings. The minimum absolute atomic E-state index is 0.426. The lowest BCUT2D eigenvalue weighted by molar-refractivity contribution is 0.584. The Morgan fingerprint density at radius 1 is 1.42 bits per heavy atom. The number of hydrogen-bond donors (Lipinski definition) is 1. The van der Waals surface area contributed by atoms with Crippen LogP contribution in [-0.4, -0.2) is 44.6 Å². The van der Waals surface area contributed by atoms with E-state index in [-0.39, 0.29) is 0 Å². The Morgan fingerprint density at radius 2 is 2.16 bits per heavy atom. The van der Waals surface area contributed by atoms with Crippen LogP contribution >= 0.6 is 11.8 Å². The van der Waals surface area contributed by atoms with E-state index in [0.717, 1.165) is 30.0 Å². The average molecular weight is 300 g/mol. The number of rotatable bonds is 4. The highest BCUT2D eigenvalue weighted by Crippen LogP contribution is 2.29. The van der Waals surface area contributed by atoms with Crippen molar-refractivity contribution >= 4 is 27.3 Å². The summed E-state index contributed by atoms with van der Waals surface area (Å²) in [5, 5.41) is -0.426. The number of nitrogens with zero attached hydrogens (tertiary/aromatic N) is 1. The molecule has 1 heterocycles. The molecule has 1 aliphatic heterocycles. The van der Waals surface area contributed by atoms with Gasteiger partial charge in [0.25, 0.3) is 0 Å². The quantitative estimate of drug-likeness (QED) is 0.902. The summed E-state index contributed by atoms with van der Waals surface area (Å²) in [6, 6.07) is 7.96. The molecule has 0 aliphatic carbocycles. The molecule has 0 radical (unpaired) electrons. The monoisotopic (exact) mass is 300 g/mol. The number of sulfone groups is 1. The zero-order chi connectivity index (χ0) is 13.9. The Kier molecular flexibility index (Phi) is 4.76. The van der Waals surface area contributed by atoms with E-state index in [1.807, 2.05) is 29.2 Å². The first kappa shape index (κ1) is 14.7. The van der Waals surface area contributed by atoms with Gasteiger partial charge >= 0.3 is 0 Å². The summed E-state index contributed by atoms with van der Waals surface area (Å²) >= 11 is 1.70. The molecule has 1 aromatic carbocycles. The van der Waals surface area contributed by atoms with Crippen LogP contribution in [0.1, 0.15) is 5.56 Å². The van der Waals surface area contributed by atoms with Crippen molar-refractivity contribution in [2.45, 2.75) is 11.8 Å². The van der Waals surface area contributed by atoms with Gasteiger partial charge in [-0.05, 0) is 24.6 Å². The summed E-state index contributed by atoms with van der Waals surface area (Å²) in [4.78, 5) is 2.02. The number of benzene rings is 1. The number of hydrogen-bond acceptors (Lipinski definition) is 5. The standard InChI is InChI=1S/C13H20N2O2S2/c1-19(16,17)13-10-18-9-8-15(13)12-5-3-2-4-11(12)6-7-14/h2-5,13H,6-10,14H2,1H3. The molecule has 1 atom stereocenters. The van der Waals surface area contributed by atoms with Gasteiger partial charge in [0.05, 0.1) is 0 Å². The van der Waals surface area contributed by atoms with Crippen LogP contribution < -0.4 is 10.6 Å². The lowest BCUT2D eigenvalue weighted by Crippen LogP contribution is -2.47. The number of para-hydroxylation sites is 1. The summed E-state index contributed by atoms with van der Waals surface area (Å²) in [5.74, 6) is 1.60. The Bertz CT molecular complexity index is 531. The number of thioether (sulfide) groups is 1. The fourth-order valence-corrected chi connectivity index (χ4v) is 5.20. The third-order valence-electron chi connectivity index (χ3n) is 3.29. The topological polar surface area (TPSA) is 63.4 Å². The van der Waals surface area contributed by atoms with E-state index in [4.69, 9.17) is 5.73 Å². The first-order chi connectivity index (χ1) is 9.04. The molecule has 2 rings (SSSR count). The van der Waals surface area contributed by atoms with E-state index in [0.29, 0.717) is 12.3 Å². The van der Waals surface area contributed by atoms with Crippen LogP contribution in [0.4, 0.5) is 5.69 Å². The maximum Gasteiger partial charge on any atom is 0.169 e. The zero-order valence-electron chi connectivity index (χ0n) is 11.1. The highest BCUT2D eigenvalue weighted by atomic mass is 32.2. The van der Waals surface area contributed by atoms with Crippen molar-refractivity contribution in [3.8, 4) is 0 Å². The molecule has 6 heteroatoms. The van der Waals surface area contributed by atoms with E-state index in [9.17, 15) is 8.42 Å². The van der Waals surface area contributed by atoms with Crippen LogP contribution in [0.5, 0.6) is 0 Å². The molecule has 0 aromatic heterocycles. The largest absolute Gasteiger partial charge is 0.353 e. The fourth-order valence-electron chi connectivity index (χ4n) is 2.37. The zero-order valence-corrected chi connectivity index (χ0v) is 12.7. The third kappa shape index (κ3) is 3.43. The van der Waals surface area contributed by atoms with Gasteiger partial charge in [0.15, 0.2) is 9.84 Å². The molecule has 0 amide bonds. The Labute approximate surface area is 119 Å². The van der Waals surface area contributed by atoms with Gasteiger partial charge in [-0.15, -0.1) is 0 Å². The van der Waals surface area contributed by atoms with Crippen molar-refractivity contribution in [3.05, 3.63) is 29.8 Å². The van der Waals surface area contributed by atoms with Gasteiger partial charge < -0.3 is 10.6 Å².